The van der Waals surface area contributed by atoms with Gasteiger partial charge in [-0.05, 0) is 41.9 Å². The van der Waals surface area contributed by atoms with Crippen LogP contribution in [0.4, 0.5) is 10.5 Å². The molecule has 5 nitrogen and oxygen atoms in total. The van der Waals surface area contributed by atoms with Crippen LogP contribution in [0.15, 0.2) is 16.6 Å². The van der Waals surface area contributed by atoms with Crippen LogP contribution in [-0.4, -0.2) is 23.7 Å². The van der Waals surface area contributed by atoms with Gasteiger partial charge in [0.05, 0.1) is 21.1 Å². The Morgan fingerprint density at radius 3 is 2.45 bits per heavy atom. The molecule has 8 heteroatoms. The number of hydrogen-bond acceptors (Lipinski definition) is 2. The van der Waals surface area contributed by atoms with Crippen molar-refractivity contribution < 1.29 is 14.7 Å². The van der Waals surface area contributed by atoms with Crippen LogP contribution < -0.4 is 10.6 Å². The number of halogens is 3. The van der Waals surface area contributed by atoms with Crippen LogP contribution in [0.5, 0.6) is 0 Å². The summed E-state index contributed by atoms with van der Waals surface area (Å²) >= 11 is 15.1. The molecule has 1 rings (SSSR count). The number of benzene rings is 1. The van der Waals surface area contributed by atoms with Gasteiger partial charge in [0.2, 0.25) is 0 Å². The van der Waals surface area contributed by atoms with E-state index in [1.807, 2.05) is 0 Å². The molecule has 20 heavy (non-hydrogen) atoms. The Balaban J connectivity index is 2.69. The lowest BCUT2D eigenvalue weighted by molar-refractivity contribution is -0.146. The average Bonchev–Trinajstić information content (AvgIpc) is 2.37. The molecule has 0 aliphatic carbocycles. The molecule has 0 aromatic heterocycles. The normalized spacial score (nSPS) is 11.1. The maximum atomic E-state index is 11.7. The molecular formula is C12H13BrCl2N2O3. The number of amides is 2. The second kappa shape index (κ2) is 6.65. The maximum absolute atomic E-state index is 11.7. The molecular weight excluding hydrogens is 371 g/mol. The van der Waals surface area contributed by atoms with Gasteiger partial charge in [0.1, 0.15) is 0 Å². The van der Waals surface area contributed by atoms with Crippen LogP contribution in [0.2, 0.25) is 10.0 Å². The number of nitrogens with one attached hydrogen (secondary N) is 2. The van der Waals surface area contributed by atoms with Crippen LogP contribution in [0, 0.1) is 5.41 Å². The number of carbonyl (C=O) groups excluding carboxylic acids is 1. The standard InChI is InChI=1S/C12H13BrCl2N2O3/c1-12(2,10(18)19)5-16-11(20)17-7-4-3-6(13)8(14)9(7)15/h3-4H,5H2,1-2H3,(H,18,19)(H2,16,17,20). The van der Waals surface area contributed by atoms with E-state index in [-0.39, 0.29) is 16.6 Å². The molecule has 0 aliphatic rings. The van der Waals surface area contributed by atoms with Crippen LogP contribution >= 0.6 is 39.1 Å². The highest BCUT2D eigenvalue weighted by Crippen LogP contribution is 2.35. The number of rotatable bonds is 4. The number of urea groups is 1. The highest BCUT2D eigenvalue weighted by Gasteiger charge is 2.27. The predicted molar refractivity (Wildman–Crippen MR) is 82.6 cm³/mol. The first-order valence-corrected chi connectivity index (χ1v) is 7.12. The second-order valence-corrected chi connectivity index (χ2v) is 6.33. The van der Waals surface area contributed by atoms with Gasteiger partial charge >= 0.3 is 12.0 Å². The summed E-state index contributed by atoms with van der Waals surface area (Å²) in [6, 6.07) is 2.67. The third kappa shape index (κ3) is 4.26. The summed E-state index contributed by atoms with van der Waals surface area (Å²) < 4.78 is 0.613. The Morgan fingerprint density at radius 2 is 1.90 bits per heavy atom. The number of aliphatic carboxylic acids is 1. The Hall–Kier alpha value is -0.980. The first-order valence-electron chi connectivity index (χ1n) is 5.57. The molecule has 0 spiro atoms. The largest absolute Gasteiger partial charge is 0.481 e. The van der Waals surface area contributed by atoms with Crippen molar-refractivity contribution in [2.24, 2.45) is 5.41 Å². The number of hydrogen-bond donors (Lipinski definition) is 3. The Labute approximate surface area is 134 Å². The van der Waals surface area contributed by atoms with E-state index < -0.39 is 17.4 Å². The minimum absolute atomic E-state index is 0.0178. The third-order valence-electron chi connectivity index (χ3n) is 2.55. The smallest absolute Gasteiger partial charge is 0.319 e. The lowest BCUT2D eigenvalue weighted by Gasteiger charge is -2.19. The van der Waals surface area contributed by atoms with Crippen LogP contribution in [0.25, 0.3) is 0 Å². The minimum atomic E-state index is -1.06. The van der Waals surface area contributed by atoms with Crippen molar-refractivity contribution in [3.63, 3.8) is 0 Å². The molecule has 0 saturated heterocycles. The van der Waals surface area contributed by atoms with Gasteiger partial charge in [0.15, 0.2) is 0 Å². The molecule has 0 atom stereocenters. The zero-order valence-electron chi connectivity index (χ0n) is 10.8. The average molecular weight is 384 g/mol. The molecule has 0 aliphatic heterocycles. The van der Waals surface area contributed by atoms with E-state index in [1.165, 1.54) is 13.8 Å². The number of carboxylic acids is 1. The van der Waals surface area contributed by atoms with E-state index in [0.29, 0.717) is 10.2 Å². The van der Waals surface area contributed by atoms with Gasteiger partial charge in [-0.2, -0.15) is 0 Å². The fourth-order valence-corrected chi connectivity index (χ4v) is 1.99. The second-order valence-electron chi connectivity index (χ2n) is 4.72. The number of carboxylic acid groups (broad SMARTS) is 1. The molecule has 3 N–H and O–H groups in total. The highest BCUT2D eigenvalue weighted by molar-refractivity contribution is 9.10. The van der Waals surface area contributed by atoms with Gasteiger partial charge in [-0.3, -0.25) is 4.79 Å². The lowest BCUT2D eigenvalue weighted by atomic mass is 9.94. The van der Waals surface area contributed by atoms with Gasteiger partial charge < -0.3 is 15.7 Å². The van der Waals surface area contributed by atoms with Crippen molar-refractivity contribution in [1.82, 2.24) is 5.32 Å². The maximum Gasteiger partial charge on any atom is 0.319 e. The lowest BCUT2D eigenvalue weighted by Crippen LogP contribution is -2.40. The summed E-state index contributed by atoms with van der Waals surface area (Å²) in [6.45, 7) is 3.01. The van der Waals surface area contributed by atoms with E-state index in [0.717, 1.165) is 0 Å². The summed E-state index contributed by atoms with van der Waals surface area (Å²) in [7, 11) is 0. The van der Waals surface area contributed by atoms with E-state index in [1.54, 1.807) is 12.1 Å². The summed E-state index contributed by atoms with van der Waals surface area (Å²) in [5.74, 6) is -0.998. The minimum Gasteiger partial charge on any atom is -0.481 e. The SMILES string of the molecule is CC(C)(CNC(=O)Nc1ccc(Br)c(Cl)c1Cl)C(=O)O. The molecule has 0 heterocycles. The first-order chi connectivity index (χ1) is 9.15. The summed E-state index contributed by atoms with van der Waals surface area (Å²) in [5.41, 5.74) is -0.719. The fraction of sp³-hybridized carbons (Fsp3) is 0.333. The van der Waals surface area contributed by atoms with Crippen LogP contribution in [0.3, 0.4) is 0 Å². The van der Waals surface area contributed by atoms with Crippen molar-refractivity contribution in [2.45, 2.75) is 13.8 Å². The summed E-state index contributed by atoms with van der Waals surface area (Å²) in [5, 5.41) is 14.4. The highest BCUT2D eigenvalue weighted by atomic mass is 79.9. The van der Waals surface area contributed by atoms with E-state index in [2.05, 4.69) is 26.6 Å². The molecule has 1 aromatic rings. The van der Waals surface area contributed by atoms with Crippen LogP contribution in [-0.2, 0) is 4.79 Å². The van der Waals surface area contributed by atoms with Crippen molar-refractivity contribution in [1.29, 1.82) is 0 Å². The van der Waals surface area contributed by atoms with Crippen molar-refractivity contribution in [3.05, 3.63) is 26.7 Å². The molecule has 1 aromatic carbocycles. The van der Waals surface area contributed by atoms with Crippen molar-refractivity contribution in [3.8, 4) is 0 Å². The molecule has 0 fully saturated rings. The molecule has 0 unspecified atom stereocenters. The Bertz CT molecular complexity index is 550. The molecule has 0 bridgehead atoms. The van der Waals surface area contributed by atoms with Gasteiger partial charge in [0.25, 0.3) is 0 Å². The van der Waals surface area contributed by atoms with Crippen molar-refractivity contribution in [2.75, 3.05) is 11.9 Å². The first kappa shape index (κ1) is 17.1. The summed E-state index contributed by atoms with van der Waals surface area (Å²) in [4.78, 5) is 22.6. The zero-order valence-corrected chi connectivity index (χ0v) is 13.9. The third-order valence-corrected chi connectivity index (χ3v) is 4.32. The van der Waals surface area contributed by atoms with Gasteiger partial charge in [-0.15, -0.1) is 0 Å². The Kier molecular flexibility index (Phi) is 5.68. The molecule has 2 amide bonds. The number of anilines is 1. The topological polar surface area (TPSA) is 78.4 Å². The monoisotopic (exact) mass is 382 g/mol. The van der Waals surface area contributed by atoms with Gasteiger partial charge in [-0.25, -0.2) is 4.79 Å². The molecule has 0 saturated carbocycles. The van der Waals surface area contributed by atoms with Crippen LogP contribution in [0.1, 0.15) is 13.8 Å². The molecule has 110 valence electrons. The fourth-order valence-electron chi connectivity index (χ4n) is 1.17. The van der Waals surface area contributed by atoms with E-state index in [4.69, 9.17) is 28.3 Å². The van der Waals surface area contributed by atoms with Gasteiger partial charge in [-0.1, -0.05) is 23.2 Å². The van der Waals surface area contributed by atoms with E-state index in [9.17, 15) is 9.59 Å². The quantitative estimate of drug-likeness (QED) is 0.688. The van der Waals surface area contributed by atoms with Gasteiger partial charge in [0, 0.05) is 11.0 Å². The number of carbonyl (C=O) groups is 2. The van der Waals surface area contributed by atoms with Crippen molar-refractivity contribution >= 4 is 56.8 Å². The molecule has 0 radical (unpaired) electrons. The summed E-state index contributed by atoms with van der Waals surface area (Å²) in [6.07, 6.45) is 0. The predicted octanol–water partition coefficient (Wildman–Crippen LogP) is 3.99. The Morgan fingerprint density at radius 1 is 1.30 bits per heavy atom. The van der Waals surface area contributed by atoms with E-state index >= 15 is 0 Å². The zero-order chi connectivity index (χ0) is 15.5.